The van der Waals surface area contributed by atoms with E-state index >= 15 is 0 Å². The largest absolute Gasteiger partial charge is 0.463 e. The minimum absolute atomic E-state index is 0.149. The quantitative estimate of drug-likeness (QED) is 0.773. The van der Waals surface area contributed by atoms with Crippen molar-refractivity contribution in [3.8, 4) is 5.88 Å². The molecule has 0 fully saturated rings. The Morgan fingerprint density at radius 3 is 3.21 bits per heavy atom. The molecule has 1 amide bonds. The molecule has 0 spiro atoms. The van der Waals surface area contributed by atoms with Crippen molar-refractivity contribution in [1.82, 2.24) is 4.98 Å². The van der Waals surface area contributed by atoms with Crippen LogP contribution in [0.1, 0.15) is 13.3 Å². The van der Waals surface area contributed by atoms with Gasteiger partial charge in [-0.2, -0.15) is 0 Å². The van der Waals surface area contributed by atoms with Crippen molar-refractivity contribution < 1.29 is 9.53 Å². The standard InChI is InChI=1S/C9H9ClN2O2/c1-2-7-8(13)12-6-3-5(10)4-11-9(6)14-7/h3-4,7H,2H2,1H3,(H,12,13)/t7-/m1/s1. The molecule has 1 atom stereocenters. The number of hydrogen-bond acceptors (Lipinski definition) is 3. The van der Waals surface area contributed by atoms with E-state index < -0.39 is 6.10 Å². The zero-order valence-corrected chi connectivity index (χ0v) is 8.34. The monoisotopic (exact) mass is 212 g/mol. The first-order valence-corrected chi connectivity index (χ1v) is 4.71. The molecule has 0 bridgehead atoms. The highest BCUT2D eigenvalue weighted by Crippen LogP contribution is 2.29. The average Bonchev–Trinajstić information content (AvgIpc) is 2.16. The number of amides is 1. The summed E-state index contributed by atoms with van der Waals surface area (Å²) in [7, 11) is 0. The second-order valence-electron chi connectivity index (χ2n) is 3.01. The van der Waals surface area contributed by atoms with Crippen LogP contribution in [0.2, 0.25) is 5.02 Å². The van der Waals surface area contributed by atoms with Gasteiger partial charge in [0.25, 0.3) is 5.91 Å². The first kappa shape index (κ1) is 9.27. The molecular formula is C9H9ClN2O2. The number of hydrogen-bond donors (Lipinski definition) is 1. The lowest BCUT2D eigenvalue weighted by Crippen LogP contribution is -2.36. The maximum atomic E-state index is 11.4. The zero-order chi connectivity index (χ0) is 10.1. The Labute approximate surface area is 86.2 Å². The highest BCUT2D eigenvalue weighted by molar-refractivity contribution is 6.30. The number of carbonyl (C=O) groups is 1. The van der Waals surface area contributed by atoms with Crippen LogP contribution in [0.25, 0.3) is 0 Å². The van der Waals surface area contributed by atoms with Gasteiger partial charge in [-0.05, 0) is 12.5 Å². The van der Waals surface area contributed by atoms with Gasteiger partial charge in [0.15, 0.2) is 6.10 Å². The Bertz CT molecular complexity index is 381. The van der Waals surface area contributed by atoms with Crippen molar-refractivity contribution in [3.05, 3.63) is 17.3 Å². The highest BCUT2D eigenvalue weighted by Gasteiger charge is 2.26. The minimum atomic E-state index is -0.448. The Morgan fingerprint density at radius 1 is 1.71 bits per heavy atom. The molecule has 0 aliphatic carbocycles. The molecule has 1 aliphatic heterocycles. The van der Waals surface area contributed by atoms with Crippen LogP contribution >= 0.6 is 11.6 Å². The smallest absolute Gasteiger partial charge is 0.265 e. The van der Waals surface area contributed by atoms with Crippen molar-refractivity contribution in [3.63, 3.8) is 0 Å². The highest BCUT2D eigenvalue weighted by atomic mass is 35.5. The molecule has 1 aromatic heterocycles. The van der Waals surface area contributed by atoms with Crippen LogP contribution in [0, 0.1) is 0 Å². The Kier molecular flexibility index (Phi) is 2.29. The number of ether oxygens (including phenoxy) is 1. The number of rotatable bonds is 1. The molecule has 2 heterocycles. The van der Waals surface area contributed by atoms with Crippen LogP contribution in [-0.4, -0.2) is 17.0 Å². The molecule has 0 unspecified atom stereocenters. The van der Waals surface area contributed by atoms with Crippen molar-refractivity contribution >= 4 is 23.2 Å². The number of fused-ring (bicyclic) bond motifs is 1. The van der Waals surface area contributed by atoms with Crippen LogP contribution < -0.4 is 10.1 Å². The normalized spacial score (nSPS) is 19.6. The van der Waals surface area contributed by atoms with Gasteiger partial charge < -0.3 is 10.1 Å². The zero-order valence-electron chi connectivity index (χ0n) is 7.58. The Hall–Kier alpha value is -1.29. The van der Waals surface area contributed by atoms with E-state index in [1.54, 1.807) is 6.07 Å². The molecule has 0 saturated heterocycles. The summed E-state index contributed by atoms with van der Waals surface area (Å²) in [5.74, 6) is 0.282. The summed E-state index contributed by atoms with van der Waals surface area (Å²) in [6, 6.07) is 1.62. The van der Waals surface area contributed by atoms with Gasteiger partial charge in [-0.1, -0.05) is 18.5 Å². The van der Waals surface area contributed by atoms with Crippen molar-refractivity contribution in [2.24, 2.45) is 0 Å². The third-order valence-electron chi connectivity index (χ3n) is 1.99. The van der Waals surface area contributed by atoms with Gasteiger partial charge in [0, 0.05) is 6.20 Å². The Balaban J connectivity index is 2.35. The number of aromatic nitrogens is 1. The predicted octanol–water partition coefficient (Wildman–Crippen LogP) is 1.84. The van der Waals surface area contributed by atoms with Crippen LogP contribution in [0.3, 0.4) is 0 Å². The SMILES string of the molecule is CC[C@H]1Oc2ncc(Cl)cc2NC1=O. The number of nitrogens with one attached hydrogen (secondary N) is 1. The molecule has 0 radical (unpaired) electrons. The molecule has 74 valence electrons. The van der Waals surface area contributed by atoms with Gasteiger partial charge in [-0.25, -0.2) is 4.98 Å². The summed E-state index contributed by atoms with van der Waals surface area (Å²) in [6.07, 6.45) is 1.66. The summed E-state index contributed by atoms with van der Waals surface area (Å²) in [5, 5.41) is 3.17. The molecule has 0 aromatic carbocycles. The summed E-state index contributed by atoms with van der Waals surface area (Å²) < 4.78 is 5.37. The van der Waals surface area contributed by atoms with Crippen LogP contribution in [-0.2, 0) is 4.79 Å². The van der Waals surface area contributed by atoms with E-state index in [0.717, 1.165) is 0 Å². The number of halogens is 1. The summed E-state index contributed by atoms with van der Waals surface area (Å²) >= 11 is 5.73. The Morgan fingerprint density at radius 2 is 2.50 bits per heavy atom. The molecule has 4 nitrogen and oxygen atoms in total. The average molecular weight is 213 g/mol. The van der Waals surface area contributed by atoms with E-state index in [1.165, 1.54) is 6.20 Å². The lowest BCUT2D eigenvalue weighted by molar-refractivity contribution is -0.123. The van der Waals surface area contributed by atoms with Crippen molar-refractivity contribution in [1.29, 1.82) is 0 Å². The second-order valence-corrected chi connectivity index (χ2v) is 3.45. The van der Waals surface area contributed by atoms with Crippen LogP contribution in [0.4, 0.5) is 5.69 Å². The molecule has 2 rings (SSSR count). The van der Waals surface area contributed by atoms with Gasteiger partial charge in [0.2, 0.25) is 5.88 Å². The molecule has 5 heteroatoms. The maximum Gasteiger partial charge on any atom is 0.265 e. The lowest BCUT2D eigenvalue weighted by atomic mass is 10.2. The maximum absolute atomic E-state index is 11.4. The van der Waals surface area contributed by atoms with Crippen molar-refractivity contribution in [2.45, 2.75) is 19.4 Å². The fourth-order valence-electron chi connectivity index (χ4n) is 1.28. The summed E-state index contributed by atoms with van der Waals surface area (Å²) in [6.45, 7) is 1.88. The first-order valence-electron chi connectivity index (χ1n) is 4.33. The van der Waals surface area contributed by atoms with Gasteiger partial charge in [-0.3, -0.25) is 4.79 Å². The number of anilines is 1. The second kappa shape index (κ2) is 3.46. The predicted molar refractivity (Wildman–Crippen MR) is 52.6 cm³/mol. The van der Waals surface area contributed by atoms with Gasteiger partial charge in [0.05, 0.1) is 5.02 Å². The summed E-state index contributed by atoms with van der Waals surface area (Å²) in [4.78, 5) is 15.4. The number of carbonyl (C=O) groups excluding carboxylic acids is 1. The first-order chi connectivity index (χ1) is 6.70. The van der Waals surface area contributed by atoms with E-state index in [9.17, 15) is 4.79 Å². The summed E-state index contributed by atoms with van der Waals surface area (Å²) in [5.41, 5.74) is 0.534. The molecule has 1 aromatic rings. The molecule has 0 saturated carbocycles. The van der Waals surface area contributed by atoms with E-state index in [-0.39, 0.29) is 5.91 Å². The van der Waals surface area contributed by atoms with Gasteiger partial charge >= 0.3 is 0 Å². The van der Waals surface area contributed by atoms with E-state index in [2.05, 4.69) is 10.3 Å². The van der Waals surface area contributed by atoms with E-state index in [4.69, 9.17) is 16.3 Å². The third-order valence-corrected chi connectivity index (χ3v) is 2.20. The fraction of sp³-hybridized carbons (Fsp3) is 0.333. The fourth-order valence-corrected chi connectivity index (χ4v) is 1.44. The molecule has 1 N–H and O–H groups in total. The lowest BCUT2D eigenvalue weighted by Gasteiger charge is -2.23. The third kappa shape index (κ3) is 1.53. The topological polar surface area (TPSA) is 51.2 Å². The molecular weight excluding hydrogens is 204 g/mol. The number of pyridine rings is 1. The molecule has 1 aliphatic rings. The van der Waals surface area contributed by atoms with Crippen molar-refractivity contribution in [2.75, 3.05) is 5.32 Å². The van der Waals surface area contributed by atoms with Crippen LogP contribution in [0.5, 0.6) is 5.88 Å². The van der Waals surface area contributed by atoms with E-state index in [1.807, 2.05) is 6.92 Å². The van der Waals surface area contributed by atoms with Gasteiger partial charge in [-0.15, -0.1) is 0 Å². The van der Waals surface area contributed by atoms with E-state index in [0.29, 0.717) is 23.0 Å². The van der Waals surface area contributed by atoms with Crippen LogP contribution in [0.15, 0.2) is 12.3 Å². The molecule has 14 heavy (non-hydrogen) atoms. The minimum Gasteiger partial charge on any atom is -0.463 e. The van der Waals surface area contributed by atoms with Gasteiger partial charge in [0.1, 0.15) is 5.69 Å². The number of nitrogens with zero attached hydrogens (tertiary/aromatic N) is 1.